The average Bonchev–Trinajstić information content (AvgIpc) is 2.55. The maximum atomic E-state index is 11.2. The number of ether oxygens (including phenoxy) is 1. The number of nitrogens with two attached hydrogens (primary N) is 2. The predicted molar refractivity (Wildman–Crippen MR) is 91.8 cm³/mol. The van der Waals surface area contributed by atoms with Crippen molar-refractivity contribution in [1.82, 2.24) is 5.06 Å². The predicted octanol–water partition coefficient (Wildman–Crippen LogP) is 1.94. The van der Waals surface area contributed by atoms with Gasteiger partial charge in [-0.25, -0.2) is 4.79 Å². The third-order valence-electron chi connectivity index (χ3n) is 3.87. The molecule has 126 valence electrons. The van der Waals surface area contributed by atoms with Crippen molar-refractivity contribution >= 4 is 23.3 Å². The maximum absolute atomic E-state index is 11.2. The monoisotopic (exact) mass is 337 g/mol. The summed E-state index contributed by atoms with van der Waals surface area (Å²) in [5.41, 5.74) is 11.9. The number of hydrogen-bond donors (Lipinski definition) is 2. The van der Waals surface area contributed by atoms with Gasteiger partial charge < -0.3 is 16.2 Å². The van der Waals surface area contributed by atoms with Crippen molar-refractivity contribution < 1.29 is 14.4 Å². The Morgan fingerprint density at radius 1 is 1.17 bits per heavy atom. The Kier molecular flexibility index (Phi) is 6.76. The fraction of sp³-hybridized carbons (Fsp3) is 0.500. The van der Waals surface area contributed by atoms with Crippen molar-refractivity contribution in [1.29, 1.82) is 0 Å². The van der Waals surface area contributed by atoms with E-state index < -0.39 is 12.2 Å². The number of thiocarbonyl (C=S) groups is 1. The number of nitrogens with zero attached hydrogens (tertiary/aromatic N) is 1. The largest absolute Gasteiger partial charge is 0.438 e. The molecule has 1 aromatic carbocycles. The summed E-state index contributed by atoms with van der Waals surface area (Å²) in [7, 11) is 0. The number of piperidine rings is 1. The zero-order valence-corrected chi connectivity index (χ0v) is 13.8. The smallest absolute Gasteiger partial charge is 0.405 e. The lowest BCUT2D eigenvalue weighted by atomic mass is 9.94. The number of primary amides is 1. The quantitative estimate of drug-likeness (QED) is 0.739. The van der Waals surface area contributed by atoms with Crippen LogP contribution in [0.3, 0.4) is 0 Å². The van der Waals surface area contributed by atoms with Gasteiger partial charge >= 0.3 is 6.09 Å². The first-order chi connectivity index (χ1) is 11.1. The molecule has 6 nitrogen and oxygen atoms in total. The highest BCUT2D eigenvalue weighted by Gasteiger charge is 2.30. The van der Waals surface area contributed by atoms with Gasteiger partial charge in [0.2, 0.25) is 0 Å². The summed E-state index contributed by atoms with van der Waals surface area (Å²) >= 11 is 5.06. The van der Waals surface area contributed by atoms with Crippen molar-refractivity contribution in [3.8, 4) is 0 Å². The number of hydroxylamine groups is 2. The van der Waals surface area contributed by atoms with E-state index in [1.54, 1.807) is 0 Å². The molecule has 1 aromatic rings. The first-order valence-electron chi connectivity index (χ1n) is 7.76. The summed E-state index contributed by atoms with van der Waals surface area (Å²) < 4.78 is 5.14. The third-order valence-corrected chi connectivity index (χ3v) is 4.10. The number of carbonyl (C=O) groups excluding carboxylic acids is 1. The van der Waals surface area contributed by atoms with Gasteiger partial charge in [-0.05, 0) is 18.4 Å². The Morgan fingerprint density at radius 3 is 2.39 bits per heavy atom. The Balaban J connectivity index is 2.13. The van der Waals surface area contributed by atoms with E-state index in [-0.39, 0.29) is 10.9 Å². The van der Waals surface area contributed by atoms with Crippen LogP contribution in [0.25, 0.3) is 0 Å². The van der Waals surface area contributed by atoms with E-state index in [1.807, 2.05) is 35.4 Å². The van der Waals surface area contributed by atoms with Crippen molar-refractivity contribution in [3.05, 3.63) is 35.9 Å². The summed E-state index contributed by atoms with van der Waals surface area (Å²) in [6.45, 7) is 2.12. The Morgan fingerprint density at radius 2 is 1.83 bits per heavy atom. The summed E-state index contributed by atoms with van der Waals surface area (Å²) in [5, 5.41) is 1.94. The molecule has 0 radical (unpaired) electrons. The van der Waals surface area contributed by atoms with Gasteiger partial charge in [-0.2, -0.15) is 5.06 Å². The highest BCUT2D eigenvalue weighted by atomic mass is 32.1. The van der Waals surface area contributed by atoms with Crippen LogP contribution in [0.4, 0.5) is 4.79 Å². The number of rotatable bonds is 7. The van der Waals surface area contributed by atoms with E-state index in [0.717, 1.165) is 31.5 Å². The zero-order valence-electron chi connectivity index (χ0n) is 13.0. The lowest BCUT2D eigenvalue weighted by molar-refractivity contribution is -0.175. The maximum Gasteiger partial charge on any atom is 0.405 e. The molecule has 0 saturated carbocycles. The molecular weight excluding hydrogens is 314 g/mol. The van der Waals surface area contributed by atoms with E-state index in [0.29, 0.717) is 6.61 Å². The Hall–Kier alpha value is -1.70. The molecule has 0 aromatic heterocycles. The highest BCUT2D eigenvalue weighted by molar-refractivity contribution is 7.80. The molecule has 2 rings (SSSR count). The van der Waals surface area contributed by atoms with Gasteiger partial charge in [0.05, 0.1) is 12.5 Å². The van der Waals surface area contributed by atoms with Gasteiger partial charge in [-0.15, -0.1) is 0 Å². The standard InChI is InChI=1S/C16H23N3O3S/c17-15(23)14(22-16(18)20)13(12-7-3-1-4-8-12)11-21-19-9-5-2-6-10-19/h1,3-4,7-8,13-14H,2,5-6,9-11H2,(H2,17,23)(H2,18,20). The van der Waals surface area contributed by atoms with Crippen molar-refractivity contribution in [2.24, 2.45) is 11.5 Å². The summed E-state index contributed by atoms with van der Waals surface area (Å²) in [6.07, 6.45) is 1.76. The van der Waals surface area contributed by atoms with Gasteiger partial charge in [0.15, 0.2) is 6.10 Å². The van der Waals surface area contributed by atoms with Crippen molar-refractivity contribution in [2.75, 3.05) is 19.7 Å². The Bertz CT molecular complexity index is 521. The summed E-state index contributed by atoms with van der Waals surface area (Å²) in [6, 6.07) is 9.59. The van der Waals surface area contributed by atoms with E-state index in [2.05, 4.69) is 0 Å². The van der Waals surface area contributed by atoms with Gasteiger partial charge in [0.1, 0.15) is 4.99 Å². The van der Waals surface area contributed by atoms with Crippen LogP contribution in [-0.2, 0) is 9.57 Å². The van der Waals surface area contributed by atoms with E-state index in [9.17, 15) is 4.79 Å². The molecule has 0 aliphatic carbocycles. The molecule has 1 saturated heterocycles. The van der Waals surface area contributed by atoms with E-state index in [4.69, 9.17) is 33.3 Å². The lowest BCUT2D eigenvalue weighted by Gasteiger charge is -2.30. The van der Waals surface area contributed by atoms with E-state index >= 15 is 0 Å². The number of benzene rings is 1. The number of carbonyl (C=O) groups is 1. The molecule has 1 amide bonds. The molecule has 2 atom stereocenters. The summed E-state index contributed by atoms with van der Waals surface area (Å²) in [4.78, 5) is 17.2. The second kappa shape index (κ2) is 8.81. The van der Waals surface area contributed by atoms with Crippen LogP contribution in [-0.4, -0.2) is 41.9 Å². The van der Waals surface area contributed by atoms with Crippen LogP contribution >= 0.6 is 12.2 Å². The van der Waals surface area contributed by atoms with Gasteiger partial charge in [-0.1, -0.05) is 49.0 Å². The molecule has 1 aliphatic rings. The highest BCUT2D eigenvalue weighted by Crippen LogP contribution is 2.24. The molecular formula is C16H23N3O3S. The molecule has 23 heavy (non-hydrogen) atoms. The number of amides is 1. The molecule has 1 heterocycles. The van der Waals surface area contributed by atoms with Crippen LogP contribution in [0, 0.1) is 0 Å². The fourth-order valence-corrected chi connectivity index (χ4v) is 2.91. The number of hydrogen-bond acceptors (Lipinski definition) is 5. The van der Waals surface area contributed by atoms with Crippen LogP contribution in [0.15, 0.2) is 30.3 Å². The van der Waals surface area contributed by atoms with E-state index in [1.165, 1.54) is 6.42 Å². The first kappa shape index (κ1) is 17.7. The first-order valence-corrected chi connectivity index (χ1v) is 8.17. The minimum absolute atomic E-state index is 0.0832. The van der Waals surface area contributed by atoms with Crippen molar-refractivity contribution in [3.63, 3.8) is 0 Å². The second-order valence-electron chi connectivity index (χ2n) is 5.56. The zero-order chi connectivity index (χ0) is 16.7. The second-order valence-corrected chi connectivity index (χ2v) is 6.03. The lowest BCUT2D eigenvalue weighted by Crippen LogP contribution is -2.41. The topological polar surface area (TPSA) is 90.8 Å². The molecule has 1 fully saturated rings. The third kappa shape index (κ3) is 5.46. The SMILES string of the molecule is NC(=O)OC(C(N)=S)C(CON1CCCCC1)c1ccccc1. The van der Waals surface area contributed by atoms with Crippen LogP contribution in [0.2, 0.25) is 0 Å². The van der Waals surface area contributed by atoms with Gasteiger partial charge in [0.25, 0.3) is 0 Å². The average molecular weight is 337 g/mol. The molecule has 4 N–H and O–H groups in total. The minimum atomic E-state index is -0.901. The van der Waals surface area contributed by atoms with Gasteiger partial charge in [-0.3, -0.25) is 4.84 Å². The minimum Gasteiger partial charge on any atom is -0.438 e. The van der Waals surface area contributed by atoms with Gasteiger partial charge in [0, 0.05) is 13.1 Å². The molecule has 0 spiro atoms. The molecule has 0 bridgehead atoms. The molecule has 7 heteroatoms. The van der Waals surface area contributed by atoms with Crippen molar-refractivity contribution in [2.45, 2.75) is 31.3 Å². The Labute approximate surface area is 141 Å². The van der Waals surface area contributed by atoms with Crippen LogP contribution in [0.5, 0.6) is 0 Å². The van der Waals surface area contributed by atoms with Crippen LogP contribution < -0.4 is 11.5 Å². The fourth-order valence-electron chi connectivity index (χ4n) is 2.70. The summed E-state index contributed by atoms with van der Waals surface area (Å²) in [5.74, 6) is -0.303. The normalized spacial score (nSPS) is 18.1. The molecule has 1 aliphatic heterocycles. The van der Waals surface area contributed by atoms with Crippen LogP contribution in [0.1, 0.15) is 30.7 Å². The molecule has 2 unspecified atom stereocenters.